The van der Waals surface area contributed by atoms with Gasteiger partial charge in [0.05, 0.1) is 17.8 Å². The van der Waals surface area contributed by atoms with Crippen LogP contribution in [-0.2, 0) is 17.9 Å². The number of nitrogens with one attached hydrogen (secondary N) is 3. The number of carbonyl (C=O) groups is 3. The minimum Gasteiger partial charge on any atom is -0.477 e. The monoisotopic (exact) mass is 511 g/mol. The molecule has 3 amide bonds. The normalized spacial score (nSPS) is 20.6. The molecule has 0 spiro atoms. The second kappa shape index (κ2) is 12.2. The van der Waals surface area contributed by atoms with Crippen LogP contribution in [-0.4, -0.2) is 62.5 Å². The molecule has 1 aromatic heterocycles. The van der Waals surface area contributed by atoms with Crippen molar-refractivity contribution >= 4 is 35.4 Å². The highest BCUT2D eigenvalue weighted by atomic mass is 32.2. The summed E-state index contributed by atoms with van der Waals surface area (Å²) in [7, 11) is 0. The zero-order chi connectivity index (χ0) is 25.5. The molecule has 36 heavy (non-hydrogen) atoms. The number of nitrogens with zero attached hydrogens (tertiary/aromatic N) is 2. The van der Waals surface area contributed by atoms with Crippen LogP contribution in [0.15, 0.2) is 42.5 Å². The van der Waals surface area contributed by atoms with Crippen molar-refractivity contribution in [1.82, 2.24) is 20.5 Å². The molecule has 0 aliphatic carbocycles. The molecule has 3 heterocycles. The summed E-state index contributed by atoms with van der Waals surface area (Å²) in [5.74, 6) is -0.0646. The van der Waals surface area contributed by atoms with E-state index in [0.29, 0.717) is 24.8 Å². The molecule has 2 aliphatic heterocycles. The third kappa shape index (κ3) is 6.98. The lowest BCUT2D eigenvalue weighted by Crippen LogP contribution is -2.36. The SMILES string of the molecule is CCN(Cc1ccc(NC(=O)CCCCC2SCC3NC(=O)NC32)cc1)Cc1cccc(C(=O)O)n1. The van der Waals surface area contributed by atoms with Gasteiger partial charge in [0, 0.05) is 36.2 Å². The predicted octanol–water partition coefficient (Wildman–Crippen LogP) is 3.47. The number of hydrogen-bond acceptors (Lipinski definition) is 6. The van der Waals surface area contributed by atoms with Crippen LogP contribution in [0.1, 0.15) is 54.4 Å². The van der Waals surface area contributed by atoms with Crippen LogP contribution >= 0.6 is 11.8 Å². The molecule has 2 aromatic rings. The Morgan fingerprint density at radius 2 is 1.94 bits per heavy atom. The Morgan fingerprint density at radius 3 is 2.69 bits per heavy atom. The third-order valence-corrected chi connectivity index (χ3v) is 8.09. The first-order chi connectivity index (χ1) is 17.4. The molecule has 9 nitrogen and oxygen atoms in total. The van der Waals surface area contributed by atoms with Crippen LogP contribution in [0.3, 0.4) is 0 Å². The molecule has 3 atom stereocenters. The number of rotatable bonds is 12. The van der Waals surface area contributed by atoms with Gasteiger partial charge in [-0.2, -0.15) is 11.8 Å². The number of urea groups is 1. The number of thioether (sulfide) groups is 1. The number of aromatic nitrogens is 1. The standard InChI is InChI=1S/C26H33N5O4S/c1-2-31(15-19-6-5-7-20(27-19)25(33)34)14-17-10-12-18(13-11-17)28-23(32)9-4-3-8-22-24-21(16-36-22)29-26(35)30-24/h5-7,10-13,21-22,24H,2-4,8-9,14-16H2,1H3,(H,28,32)(H,33,34)(H2,29,30,35). The number of aromatic carboxylic acids is 1. The number of unbranched alkanes of at least 4 members (excludes halogenated alkanes) is 1. The van der Waals surface area contributed by atoms with Gasteiger partial charge in [0.25, 0.3) is 0 Å². The highest BCUT2D eigenvalue weighted by molar-refractivity contribution is 8.00. The van der Waals surface area contributed by atoms with Crippen LogP contribution in [0, 0.1) is 0 Å². The Kier molecular flexibility index (Phi) is 8.82. The van der Waals surface area contributed by atoms with E-state index >= 15 is 0 Å². The zero-order valence-corrected chi connectivity index (χ0v) is 21.2. The molecule has 4 N–H and O–H groups in total. The van der Waals surface area contributed by atoms with Gasteiger partial charge in [-0.15, -0.1) is 0 Å². The van der Waals surface area contributed by atoms with Crippen LogP contribution in [0.5, 0.6) is 0 Å². The Bertz CT molecular complexity index is 1080. The van der Waals surface area contributed by atoms with Gasteiger partial charge in [0.1, 0.15) is 5.69 Å². The van der Waals surface area contributed by atoms with Gasteiger partial charge in [0.2, 0.25) is 5.91 Å². The topological polar surface area (TPSA) is 124 Å². The van der Waals surface area contributed by atoms with Crippen molar-refractivity contribution in [2.24, 2.45) is 0 Å². The molecule has 2 aliphatic rings. The van der Waals surface area contributed by atoms with Crippen molar-refractivity contribution in [2.75, 3.05) is 17.6 Å². The molecule has 192 valence electrons. The van der Waals surface area contributed by atoms with Gasteiger partial charge in [0.15, 0.2) is 0 Å². The van der Waals surface area contributed by atoms with E-state index < -0.39 is 5.97 Å². The van der Waals surface area contributed by atoms with Gasteiger partial charge < -0.3 is 21.1 Å². The van der Waals surface area contributed by atoms with Crippen LogP contribution in [0.4, 0.5) is 10.5 Å². The molecule has 3 unspecified atom stereocenters. The number of amides is 3. The fourth-order valence-corrected chi connectivity index (χ4v) is 6.19. The number of carboxylic acid groups (broad SMARTS) is 1. The van der Waals surface area contributed by atoms with Gasteiger partial charge in [-0.25, -0.2) is 14.6 Å². The number of carboxylic acids is 1. The molecule has 0 radical (unpaired) electrons. The Morgan fingerprint density at radius 1 is 1.14 bits per heavy atom. The maximum absolute atomic E-state index is 12.4. The summed E-state index contributed by atoms with van der Waals surface area (Å²) in [4.78, 5) is 41.4. The number of benzene rings is 1. The molecule has 0 saturated carbocycles. The van der Waals surface area contributed by atoms with Crippen LogP contribution in [0.25, 0.3) is 0 Å². The number of carbonyl (C=O) groups excluding carboxylic acids is 2. The fourth-order valence-electron chi connectivity index (χ4n) is 4.64. The van der Waals surface area contributed by atoms with E-state index in [-0.39, 0.29) is 29.7 Å². The Labute approximate surface area is 215 Å². The van der Waals surface area contributed by atoms with Crippen LogP contribution in [0.2, 0.25) is 0 Å². The maximum Gasteiger partial charge on any atom is 0.354 e. The average molecular weight is 512 g/mol. The number of fused-ring (bicyclic) bond motifs is 1. The van der Waals surface area contributed by atoms with E-state index in [1.165, 1.54) is 6.07 Å². The first kappa shape index (κ1) is 26.0. The van der Waals surface area contributed by atoms with Crippen molar-refractivity contribution < 1.29 is 19.5 Å². The highest BCUT2D eigenvalue weighted by Gasteiger charge is 2.42. The number of pyridine rings is 1. The van der Waals surface area contributed by atoms with E-state index in [0.717, 1.165) is 48.5 Å². The quantitative estimate of drug-likeness (QED) is 0.254. The largest absolute Gasteiger partial charge is 0.477 e. The second-order valence-corrected chi connectivity index (χ2v) is 10.5. The van der Waals surface area contributed by atoms with Crippen molar-refractivity contribution in [3.8, 4) is 0 Å². The van der Waals surface area contributed by atoms with Crippen LogP contribution < -0.4 is 16.0 Å². The molecule has 0 bridgehead atoms. The molecule has 2 fully saturated rings. The highest BCUT2D eigenvalue weighted by Crippen LogP contribution is 2.33. The molecular formula is C26H33N5O4S. The van der Waals surface area contributed by atoms with Gasteiger partial charge in [-0.3, -0.25) is 9.69 Å². The first-order valence-electron chi connectivity index (χ1n) is 12.4. The summed E-state index contributed by atoms with van der Waals surface area (Å²) in [6.45, 7) is 4.10. The van der Waals surface area contributed by atoms with E-state index in [9.17, 15) is 14.4 Å². The van der Waals surface area contributed by atoms with Crippen molar-refractivity contribution in [3.05, 3.63) is 59.4 Å². The maximum atomic E-state index is 12.4. The van der Waals surface area contributed by atoms with E-state index in [1.807, 2.05) is 42.1 Å². The van der Waals surface area contributed by atoms with Crippen molar-refractivity contribution in [3.63, 3.8) is 0 Å². The number of hydrogen-bond donors (Lipinski definition) is 4. The van der Waals surface area contributed by atoms with Crippen molar-refractivity contribution in [2.45, 2.75) is 63.0 Å². The lowest BCUT2D eigenvalue weighted by Gasteiger charge is -2.20. The predicted molar refractivity (Wildman–Crippen MR) is 140 cm³/mol. The Balaban J connectivity index is 1.18. The molecule has 2 saturated heterocycles. The molecular weight excluding hydrogens is 478 g/mol. The zero-order valence-electron chi connectivity index (χ0n) is 20.4. The summed E-state index contributed by atoms with van der Waals surface area (Å²) in [5, 5.41) is 18.5. The number of anilines is 1. The second-order valence-electron chi connectivity index (χ2n) is 9.24. The molecule has 10 heteroatoms. The van der Waals surface area contributed by atoms with Gasteiger partial charge >= 0.3 is 12.0 Å². The van der Waals surface area contributed by atoms with E-state index in [4.69, 9.17) is 5.11 Å². The van der Waals surface area contributed by atoms with Gasteiger partial charge in [-0.1, -0.05) is 31.5 Å². The lowest BCUT2D eigenvalue weighted by atomic mass is 10.0. The summed E-state index contributed by atoms with van der Waals surface area (Å²) >= 11 is 1.90. The first-order valence-corrected chi connectivity index (χ1v) is 13.4. The lowest BCUT2D eigenvalue weighted by molar-refractivity contribution is -0.116. The summed E-state index contributed by atoms with van der Waals surface area (Å²) in [6.07, 6.45) is 3.26. The molecule has 4 rings (SSSR count). The summed E-state index contributed by atoms with van der Waals surface area (Å²) < 4.78 is 0. The van der Waals surface area contributed by atoms with Crippen molar-refractivity contribution in [1.29, 1.82) is 0 Å². The third-order valence-electron chi connectivity index (χ3n) is 6.58. The summed E-state index contributed by atoms with van der Waals surface area (Å²) in [6, 6.07) is 13.2. The van der Waals surface area contributed by atoms with Gasteiger partial charge in [-0.05, 0) is 49.2 Å². The van der Waals surface area contributed by atoms with E-state index in [1.54, 1.807) is 6.07 Å². The van der Waals surface area contributed by atoms with E-state index in [2.05, 4.69) is 32.8 Å². The summed E-state index contributed by atoms with van der Waals surface area (Å²) in [5.41, 5.74) is 2.65. The Hall–Kier alpha value is -3.11. The average Bonchev–Trinajstić information content (AvgIpc) is 3.42. The fraction of sp³-hybridized carbons (Fsp3) is 0.462. The minimum absolute atomic E-state index is 0.00936. The smallest absolute Gasteiger partial charge is 0.354 e. The minimum atomic E-state index is -1.03. The molecule has 1 aromatic carbocycles.